The maximum absolute atomic E-state index is 6.24. The Bertz CT molecular complexity index is 267. The van der Waals surface area contributed by atoms with Gasteiger partial charge in [-0.15, -0.1) is 0 Å². The van der Waals surface area contributed by atoms with Gasteiger partial charge in [-0.3, -0.25) is 0 Å². The van der Waals surface area contributed by atoms with Crippen LogP contribution in [0.4, 0.5) is 0 Å². The molecular formula is C12H18ClSn. The van der Waals surface area contributed by atoms with E-state index >= 15 is 0 Å². The van der Waals surface area contributed by atoms with Gasteiger partial charge in [-0.2, -0.15) is 0 Å². The zero-order chi connectivity index (χ0) is 10.4. The summed E-state index contributed by atoms with van der Waals surface area (Å²) in [6.45, 7) is 4.57. The molecule has 1 radical (unpaired) electrons. The van der Waals surface area contributed by atoms with Crippen molar-refractivity contribution >= 4 is 34.9 Å². The fourth-order valence-electron chi connectivity index (χ4n) is 1.75. The van der Waals surface area contributed by atoms with Crippen LogP contribution < -0.4 is 3.58 Å². The molecule has 77 valence electrons. The van der Waals surface area contributed by atoms with E-state index in [1.165, 1.54) is 25.3 Å². The van der Waals surface area contributed by atoms with E-state index < -0.39 is 19.8 Å². The zero-order valence-electron chi connectivity index (χ0n) is 9.02. The van der Waals surface area contributed by atoms with Crippen molar-refractivity contribution in [3.63, 3.8) is 0 Å². The Morgan fingerprint density at radius 1 is 1.07 bits per heavy atom. The van der Waals surface area contributed by atoms with E-state index in [4.69, 9.17) is 11.6 Å². The number of halogens is 1. The van der Waals surface area contributed by atoms with Gasteiger partial charge in [-0.05, 0) is 0 Å². The monoisotopic (exact) mass is 317 g/mol. The van der Waals surface area contributed by atoms with Gasteiger partial charge < -0.3 is 0 Å². The van der Waals surface area contributed by atoms with E-state index in [1.54, 1.807) is 0 Å². The van der Waals surface area contributed by atoms with Crippen molar-refractivity contribution in [2.75, 3.05) is 0 Å². The third kappa shape index (κ3) is 3.47. The van der Waals surface area contributed by atoms with Crippen molar-refractivity contribution in [2.24, 2.45) is 0 Å². The van der Waals surface area contributed by atoms with Crippen molar-refractivity contribution in [1.29, 1.82) is 0 Å². The van der Waals surface area contributed by atoms with E-state index in [0.717, 1.165) is 5.02 Å². The molecule has 0 unspecified atom stereocenters. The van der Waals surface area contributed by atoms with Crippen molar-refractivity contribution < 1.29 is 0 Å². The van der Waals surface area contributed by atoms with E-state index in [-0.39, 0.29) is 0 Å². The summed E-state index contributed by atoms with van der Waals surface area (Å²) in [7, 11) is 0. The van der Waals surface area contributed by atoms with E-state index in [0.29, 0.717) is 0 Å². The van der Waals surface area contributed by atoms with Gasteiger partial charge in [0.1, 0.15) is 0 Å². The SMILES string of the molecule is CC[CH2][Sn]([CH2]CC)[c]1ccccc1Cl. The second-order valence-electron chi connectivity index (χ2n) is 3.58. The van der Waals surface area contributed by atoms with Crippen molar-refractivity contribution in [2.45, 2.75) is 35.6 Å². The molecule has 0 spiro atoms. The van der Waals surface area contributed by atoms with Crippen LogP contribution in [-0.4, -0.2) is 19.8 Å². The van der Waals surface area contributed by atoms with Gasteiger partial charge in [0.15, 0.2) is 0 Å². The molecule has 0 aliphatic heterocycles. The fraction of sp³-hybridized carbons (Fsp3) is 0.500. The summed E-state index contributed by atoms with van der Waals surface area (Å²) < 4.78 is 4.42. The summed E-state index contributed by atoms with van der Waals surface area (Å²) in [5.74, 6) is 0. The average molecular weight is 316 g/mol. The molecule has 0 aliphatic rings. The van der Waals surface area contributed by atoms with Crippen LogP contribution in [0.2, 0.25) is 13.9 Å². The molecule has 0 atom stereocenters. The normalized spacial score (nSPS) is 10.9. The van der Waals surface area contributed by atoms with Crippen LogP contribution in [0.5, 0.6) is 0 Å². The van der Waals surface area contributed by atoms with E-state index in [1.807, 2.05) is 12.1 Å². The number of rotatable bonds is 5. The van der Waals surface area contributed by atoms with Gasteiger partial charge in [-0.25, -0.2) is 0 Å². The summed E-state index contributed by atoms with van der Waals surface area (Å²) in [5.41, 5.74) is 0. The van der Waals surface area contributed by atoms with Crippen LogP contribution >= 0.6 is 11.6 Å². The summed E-state index contributed by atoms with van der Waals surface area (Å²) in [6, 6.07) is 8.46. The van der Waals surface area contributed by atoms with Gasteiger partial charge in [0.05, 0.1) is 0 Å². The minimum absolute atomic E-state index is 1.02. The fourth-order valence-corrected chi connectivity index (χ4v) is 10.6. The standard InChI is InChI=1S/C6H4Cl.2C3H7.Sn/c7-6-4-2-1-3-5-6;2*1-3-2;/h1-4H;2*1,3H2,2H3;. The summed E-state index contributed by atoms with van der Waals surface area (Å²) in [5, 5.41) is 1.02. The second kappa shape index (κ2) is 6.73. The first-order valence-electron chi connectivity index (χ1n) is 5.39. The first kappa shape index (κ1) is 12.4. The third-order valence-corrected chi connectivity index (χ3v) is 12.9. The number of benzene rings is 1. The van der Waals surface area contributed by atoms with Gasteiger partial charge >= 0.3 is 99.8 Å². The van der Waals surface area contributed by atoms with E-state index in [2.05, 4.69) is 26.0 Å². The molecule has 0 saturated heterocycles. The van der Waals surface area contributed by atoms with Crippen LogP contribution in [-0.2, 0) is 0 Å². The topological polar surface area (TPSA) is 0 Å². The van der Waals surface area contributed by atoms with Gasteiger partial charge in [0.25, 0.3) is 0 Å². The Balaban J connectivity index is 2.81. The average Bonchev–Trinajstić information content (AvgIpc) is 2.18. The molecule has 0 saturated carbocycles. The molecule has 1 aromatic rings. The van der Waals surface area contributed by atoms with Crippen LogP contribution in [0.15, 0.2) is 24.3 Å². The maximum atomic E-state index is 6.24. The minimum atomic E-state index is -1.35. The van der Waals surface area contributed by atoms with Gasteiger partial charge in [-0.1, -0.05) is 0 Å². The Labute approximate surface area is 99.4 Å². The number of hydrogen-bond acceptors (Lipinski definition) is 0. The second-order valence-corrected chi connectivity index (χ2v) is 11.8. The Morgan fingerprint density at radius 2 is 1.64 bits per heavy atom. The summed E-state index contributed by atoms with van der Waals surface area (Å²) in [6.07, 6.45) is 2.64. The molecule has 0 N–H and O–H groups in total. The molecular weight excluding hydrogens is 298 g/mol. The quantitative estimate of drug-likeness (QED) is 0.724. The number of hydrogen-bond donors (Lipinski definition) is 0. The third-order valence-electron chi connectivity index (χ3n) is 2.36. The zero-order valence-corrected chi connectivity index (χ0v) is 12.6. The van der Waals surface area contributed by atoms with Crippen LogP contribution in [0.1, 0.15) is 26.7 Å². The molecule has 0 nitrogen and oxygen atoms in total. The van der Waals surface area contributed by atoms with E-state index in [9.17, 15) is 0 Å². The Kier molecular flexibility index (Phi) is 5.95. The first-order chi connectivity index (χ1) is 6.79. The Hall–Kier alpha value is 0.309. The molecule has 0 heterocycles. The van der Waals surface area contributed by atoms with Crippen LogP contribution in [0.25, 0.3) is 0 Å². The molecule has 14 heavy (non-hydrogen) atoms. The van der Waals surface area contributed by atoms with Crippen molar-refractivity contribution in [3.05, 3.63) is 29.3 Å². The van der Waals surface area contributed by atoms with Crippen LogP contribution in [0.3, 0.4) is 0 Å². The van der Waals surface area contributed by atoms with Gasteiger partial charge in [0, 0.05) is 0 Å². The Morgan fingerprint density at radius 3 is 2.14 bits per heavy atom. The molecule has 0 amide bonds. The van der Waals surface area contributed by atoms with Crippen molar-refractivity contribution in [1.82, 2.24) is 0 Å². The molecule has 0 aliphatic carbocycles. The molecule has 1 rings (SSSR count). The summed E-state index contributed by atoms with van der Waals surface area (Å²) >= 11 is 4.89. The molecule has 1 aromatic carbocycles. The predicted molar refractivity (Wildman–Crippen MR) is 67.0 cm³/mol. The molecule has 0 aromatic heterocycles. The predicted octanol–water partition coefficient (Wildman–Crippen LogP) is 3.86. The molecule has 0 fully saturated rings. The summed E-state index contributed by atoms with van der Waals surface area (Å²) in [4.78, 5) is 0. The van der Waals surface area contributed by atoms with Crippen molar-refractivity contribution in [3.8, 4) is 0 Å². The van der Waals surface area contributed by atoms with Gasteiger partial charge in [0.2, 0.25) is 0 Å². The molecule has 2 heteroatoms. The van der Waals surface area contributed by atoms with Crippen LogP contribution in [0, 0.1) is 0 Å². The first-order valence-corrected chi connectivity index (χ1v) is 11.2. The molecule has 0 bridgehead atoms.